The number of aromatic nitrogens is 3. The summed E-state index contributed by atoms with van der Waals surface area (Å²) in [5.74, 6) is 1.02. The molecule has 2 aromatic heterocycles. The van der Waals surface area contributed by atoms with Crippen molar-refractivity contribution in [2.24, 2.45) is 0 Å². The van der Waals surface area contributed by atoms with E-state index in [1.807, 2.05) is 48.5 Å². The Hall–Kier alpha value is -5.32. The minimum absolute atomic E-state index is 0.143. The van der Waals surface area contributed by atoms with Crippen LogP contribution in [0.2, 0.25) is 5.28 Å². The fraction of sp³-hybridized carbons (Fsp3) is 0. The number of rotatable bonds is 4. The molecule has 5 heteroatoms. The highest BCUT2D eigenvalue weighted by atomic mass is 35.5. The zero-order valence-electron chi connectivity index (χ0n) is 22.3. The molecule has 0 aliphatic rings. The molecular formula is C37H22ClN3O. The molecule has 6 aromatic carbocycles. The van der Waals surface area contributed by atoms with E-state index in [0.29, 0.717) is 11.6 Å². The Morgan fingerprint density at radius 3 is 1.98 bits per heavy atom. The predicted octanol–water partition coefficient (Wildman–Crippen LogP) is 10.2. The van der Waals surface area contributed by atoms with Crippen LogP contribution in [0.5, 0.6) is 0 Å². The normalized spacial score (nSPS) is 11.5. The van der Waals surface area contributed by atoms with Crippen molar-refractivity contribution in [2.45, 2.75) is 0 Å². The molecule has 0 amide bonds. The molecule has 42 heavy (non-hydrogen) atoms. The van der Waals surface area contributed by atoms with Crippen LogP contribution in [-0.4, -0.2) is 15.0 Å². The van der Waals surface area contributed by atoms with Gasteiger partial charge in [-0.25, -0.2) is 4.98 Å². The zero-order chi connectivity index (χ0) is 28.0. The largest absolute Gasteiger partial charge is 0.456 e. The van der Waals surface area contributed by atoms with Gasteiger partial charge in [-0.05, 0) is 87.1 Å². The van der Waals surface area contributed by atoms with Gasteiger partial charge in [-0.15, -0.1) is 0 Å². The number of furan rings is 1. The average molecular weight is 560 g/mol. The average Bonchev–Trinajstić information content (AvgIpc) is 3.42. The highest BCUT2D eigenvalue weighted by Gasteiger charge is 2.15. The van der Waals surface area contributed by atoms with Gasteiger partial charge in [-0.1, -0.05) is 91.0 Å². The Morgan fingerprint density at radius 1 is 0.429 bits per heavy atom. The fourth-order valence-electron chi connectivity index (χ4n) is 5.66. The monoisotopic (exact) mass is 559 g/mol. The molecule has 4 nitrogen and oxygen atoms in total. The molecule has 0 aliphatic heterocycles. The summed E-state index contributed by atoms with van der Waals surface area (Å²) < 4.78 is 6.02. The lowest BCUT2D eigenvalue weighted by Crippen LogP contribution is -1.98. The van der Waals surface area contributed by atoms with Gasteiger partial charge in [0, 0.05) is 21.9 Å². The third kappa shape index (κ3) is 4.30. The van der Waals surface area contributed by atoms with E-state index >= 15 is 0 Å². The Bertz CT molecular complexity index is 2270. The molecule has 8 aromatic rings. The van der Waals surface area contributed by atoms with Crippen LogP contribution in [0, 0.1) is 0 Å². The number of para-hydroxylation sites is 1. The maximum absolute atomic E-state index is 6.55. The van der Waals surface area contributed by atoms with Crippen molar-refractivity contribution in [3.63, 3.8) is 0 Å². The van der Waals surface area contributed by atoms with Crippen molar-refractivity contribution in [3.05, 3.63) is 139 Å². The smallest absolute Gasteiger partial charge is 0.226 e. The Kier molecular flexibility index (Phi) is 5.80. The van der Waals surface area contributed by atoms with Gasteiger partial charge in [0.05, 0.1) is 0 Å². The van der Waals surface area contributed by atoms with E-state index in [-0.39, 0.29) is 5.28 Å². The highest BCUT2D eigenvalue weighted by Crippen LogP contribution is 2.36. The number of fused-ring (bicyclic) bond motifs is 4. The van der Waals surface area contributed by atoms with Gasteiger partial charge >= 0.3 is 0 Å². The molecule has 0 N–H and O–H groups in total. The second-order valence-corrected chi connectivity index (χ2v) is 10.6. The summed E-state index contributed by atoms with van der Waals surface area (Å²) in [6.07, 6.45) is 0. The van der Waals surface area contributed by atoms with E-state index in [2.05, 4.69) is 94.9 Å². The van der Waals surface area contributed by atoms with Crippen LogP contribution < -0.4 is 0 Å². The molecule has 0 fully saturated rings. The van der Waals surface area contributed by atoms with Crippen LogP contribution in [0.4, 0.5) is 0 Å². The molecule has 0 spiro atoms. The summed E-state index contributed by atoms with van der Waals surface area (Å²) in [4.78, 5) is 14.0. The molecule has 0 atom stereocenters. The molecule has 8 rings (SSSR count). The second-order valence-electron chi connectivity index (χ2n) is 10.3. The summed E-state index contributed by atoms with van der Waals surface area (Å²) in [6, 6.07) is 45.6. The Labute approximate surface area is 246 Å². The molecular weight excluding hydrogens is 538 g/mol. The summed E-state index contributed by atoms with van der Waals surface area (Å²) in [5, 5.41) is 4.57. The third-order valence-electron chi connectivity index (χ3n) is 7.64. The maximum Gasteiger partial charge on any atom is 0.226 e. The van der Waals surface area contributed by atoms with Gasteiger partial charge in [-0.3, -0.25) is 0 Å². The van der Waals surface area contributed by atoms with Crippen molar-refractivity contribution < 1.29 is 4.42 Å². The van der Waals surface area contributed by atoms with Gasteiger partial charge in [0.2, 0.25) is 5.28 Å². The van der Waals surface area contributed by atoms with E-state index in [1.165, 1.54) is 10.8 Å². The summed E-state index contributed by atoms with van der Waals surface area (Å²) in [5.41, 5.74) is 7.76. The number of benzene rings is 6. The summed E-state index contributed by atoms with van der Waals surface area (Å²) in [6.45, 7) is 0. The first-order valence-corrected chi connectivity index (χ1v) is 14.1. The molecule has 198 valence electrons. The third-order valence-corrected chi connectivity index (χ3v) is 7.81. The highest BCUT2D eigenvalue weighted by molar-refractivity contribution is 6.28. The Morgan fingerprint density at radius 2 is 1.10 bits per heavy atom. The lowest BCUT2D eigenvalue weighted by Gasteiger charge is -2.13. The van der Waals surface area contributed by atoms with Gasteiger partial charge in [0.1, 0.15) is 11.2 Å². The van der Waals surface area contributed by atoms with Gasteiger partial charge in [0.25, 0.3) is 0 Å². The van der Waals surface area contributed by atoms with Crippen molar-refractivity contribution >= 4 is 44.3 Å². The fourth-order valence-corrected chi connectivity index (χ4v) is 5.82. The lowest BCUT2D eigenvalue weighted by molar-refractivity contribution is 0.669. The molecule has 0 saturated heterocycles. The Balaban J connectivity index is 1.32. The minimum Gasteiger partial charge on any atom is -0.456 e. The van der Waals surface area contributed by atoms with Crippen molar-refractivity contribution in [1.29, 1.82) is 0 Å². The van der Waals surface area contributed by atoms with Crippen LogP contribution >= 0.6 is 11.6 Å². The van der Waals surface area contributed by atoms with E-state index in [1.54, 1.807) is 0 Å². The summed E-state index contributed by atoms with van der Waals surface area (Å²) >= 11 is 6.55. The van der Waals surface area contributed by atoms with E-state index in [9.17, 15) is 0 Å². The molecule has 0 bridgehead atoms. The zero-order valence-corrected chi connectivity index (χ0v) is 23.1. The van der Waals surface area contributed by atoms with E-state index < -0.39 is 0 Å². The quantitative estimate of drug-likeness (QED) is 0.215. The standard InChI is InChI=1S/C37H22ClN3O/c38-37-40-35(25-17-18-34-32(22-25)31-14-6-7-16-33(31)42-34)39-36(41-37)28-20-26(23-9-2-1-3-10-23)19-27(21-28)30-15-8-12-24-11-4-5-13-29(24)30/h1-22H. The first kappa shape index (κ1) is 24.5. The van der Waals surface area contributed by atoms with Crippen LogP contribution in [0.1, 0.15) is 0 Å². The van der Waals surface area contributed by atoms with E-state index in [0.717, 1.165) is 55.3 Å². The van der Waals surface area contributed by atoms with Gasteiger partial charge in [0.15, 0.2) is 11.6 Å². The second kappa shape index (κ2) is 9.95. The molecule has 0 aliphatic carbocycles. The lowest BCUT2D eigenvalue weighted by atomic mass is 9.93. The van der Waals surface area contributed by atoms with Crippen LogP contribution in [0.15, 0.2) is 138 Å². The molecule has 0 radical (unpaired) electrons. The number of nitrogens with zero attached hydrogens (tertiary/aromatic N) is 3. The number of halogens is 1. The molecule has 2 heterocycles. The van der Waals surface area contributed by atoms with Gasteiger partial charge in [-0.2, -0.15) is 9.97 Å². The SMILES string of the molecule is Clc1nc(-c2cc(-c3ccccc3)cc(-c3cccc4ccccc34)c2)nc(-c2ccc3oc4ccccc4c3c2)n1. The summed E-state index contributed by atoms with van der Waals surface area (Å²) in [7, 11) is 0. The van der Waals surface area contributed by atoms with E-state index in [4.69, 9.17) is 21.0 Å². The maximum atomic E-state index is 6.55. The number of hydrogen-bond donors (Lipinski definition) is 0. The van der Waals surface area contributed by atoms with Crippen molar-refractivity contribution in [2.75, 3.05) is 0 Å². The van der Waals surface area contributed by atoms with Crippen molar-refractivity contribution in [3.8, 4) is 45.0 Å². The topological polar surface area (TPSA) is 51.8 Å². The first-order chi connectivity index (χ1) is 20.7. The predicted molar refractivity (Wildman–Crippen MR) is 171 cm³/mol. The number of hydrogen-bond acceptors (Lipinski definition) is 4. The first-order valence-electron chi connectivity index (χ1n) is 13.7. The molecule has 0 unspecified atom stereocenters. The van der Waals surface area contributed by atoms with Gasteiger partial charge < -0.3 is 4.42 Å². The van der Waals surface area contributed by atoms with Crippen LogP contribution in [-0.2, 0) is 0 Å². The minimum atomic E-state index is 0.143. The van der Waals surface area contributed by atoms with Crippen LogP contribution in [0.3, 0.4) is 0 Å². The van der Waals surface area contributed by atoms with Crippen LogP contribution in [0.25, 0.3) is 77.7 Å². The molecule has 0 saturated carbocycles. The van der Waals surface area contributed by atoms with Crippen molar-refractivity contribution in [1.82, 2.24) is 15.0 Å².